The van der Waals surface area contributed by atoms with Crippen molar-refractivity contribution >= 4 is 23.4 Å². The van der Waals surface area contributed by atoms with E-state index < -0.39 is 11.6 Å². The standard InChI is InChI=1S/C20H22F2N2OS/c1-23(20(25)14-26-17-9-10-18(21)19(22)12-17)16-8-5-11-24(13-16)15-6-3-2-4-7-15/h2-4,6-7,9-10,12,16H,5,8,11,13-14H2,1H3. The highest BCUT2D eigenvalue weighted by Gasteiger charge is 2.26. The highest BCUT2D eigenvalue weighted by molar-refractivity contribution is 8.00. The highest BCUT2D eigenvalue weighted by Crippen LogP contribution is 2.24. The van der Waals surface area contributed by atoms with E-state index in [0.29, 0.717) is 4.90 Å². The number of halogens is 2. The molecular weight excluding hydrogens is 354 g/mol. The lowest BCUT2D eigenvalue weighted by Crippen LogP contribution is -2.49. The van der Waals surface area contributed by atoms with Gasteiger partial charge in [-0.3, -0.25) is 4.79 Å². The molecule has 0 spiro atoms. The molecule has 138 valence electrons. The van der Waals surface area contributed by atoms with Gasteiger partial charge in [0.1, 0.15) is 0 Å². The molecule has 1 fully saturated rings. The number of carbonyl (C=O) groups excluding carboxylic acids is 1. The van der Waals surface area contributed by atoms with Gasteiger partial charge in [0.05, 0.1) is 5.75 Å². The molecule has 3 rings (SSSR count). The van der Waals surface area contributed by atoms with Crippen molar-refractivity contribution in [3.63, 3.8) is 0 Å². The monoisotopic (exact) mass is 376 g/mol. The summed E-state index contributed by atoms with van der Waals surface area (Å²) < 4.78 is 26.2. The van der Waals surface area contributed by atoms with Gasteiger partial charge in [0.2, 0.25) is 5.91 Å². The number of benzene rings is 2. The minimum Gasteiger partial charge on any atom is -0.369 e. The zero-order valence-corrected chi connectivity index (χ0v) is 15.5. The molecular formula is C20H22F2N2OS. The molecule has 0 aliphatic carbocycles. The lowest BCUT2D eigenvalue weighted by atomic mass is 10.0. The van der Waals surface area contributed by atoms with Crippen molar-refractivity contribution in [1.82, 2.24) is 4.90 Å². The van der Waals surface area contributed by atoms with E-state index in [2.05, 4.69) is 17.0 Å². The largest absolute Gasteiger partial charge is 0.369 e. The van der Waals surface area contributed by atoms with Crippen molar-refractivity contribution in [2.24, 2.45) is 0 Å². The van der Waals surface area contributed by atoms with Crippen LogP contribution in [0.2, 0.25) is 0 Å². The second kappa shape index (κ2) is 8.54. The third-order valence-electron chi connectivity index (χ3n) is 4.71. The lowest BCUT2D eigenvalue weighted by Gasteiger charge is -2.38. The Morgan fingerprint density at radius 3 is 2.69 bits per heavy atom. The molecule has 3 nitrogen and oxygen atoms in total. The number of anilines is 1. The number of nitrogens with zero attached hydrogens (tertiary/aromatic N) is 2. The predicted molar refractivity (Wildman–Crippen MR) is 102 cm³/mol. The van der Waals surface area contributed by atoms with Gasteiger partial charge >= 0.3 is 0 Å². The van der Waals surface area contributed by atoms with Crippen LogP contribution in [0.15, 0.2) is 53.4 Å². The smallest absolute Gasteiger partial charge is 0.232 e. The summed E-state index contributed by atoms with van der Waals surface area (Å²) in [5.41, 5.74) is 1.18. The third kappa shape index (κ3) is 4.55. The molecule has 1 aliphatic heterocycles. The van der Waals surface area contributed by atoms with Crippen LogP contribution in [0.3, 0.4) is 0 Å². The molecule has 2 aromatic carbocycles. The maximum absolute atomic E-state index is 13.3. The molecule has 0 N–H and O–H groups in total. The van der Waals surface area contributed by atoms with E-state index in [4.69, 9.17) is 0 Å². The average Bonchev–Trinajstić information content (AvgIpc) is 2.69. The van der Waals surface area contributed by atoms with Crippen molar-refractivity contribution in [2.75, 3.05) is 30.8 Å². The summed E-state index contributed by atoms with van der Waals surface area (Å²) in [5, 5.41) is 0. The van der Waals surface area contributed by atoms with Crippen LogP contribution in [-0.2, 0) is 4.79 Å². The van der Waals surface area contributed by atoms with Crippen molar-refractivity contribution in [1.29, 1.82) is 0 Å². The molecule has 2 aromatic rings. The Morgan fingerprint density at radius 1 is 1.19 bits per heavy atom. The predicted octanol–water partition coefficient (Wildman–Crippen LogP) is 4.18. The van der Waals surface area contributed by atoms with Gasteiger partial charge in [-0.05, 0) is 43.2 Å². The fourth-order valence-corrected chi connectivity index (χ4v) is 4.01. The van der Waals surface area contributed by atoms with E-state index in [9.17, 15) is 13.6 Å². The summed E-state index contributed by atoms with van der Waals surface area (Å²) in [4.78, 5) is 17.2. The van der Waals surface area contributed by atoms with Crippen LogP contribution < -0.4 is 4.90 Å². The summed E-state index contributed by atoms with van der Waals surface area (Å²) in [5.74, 6) is -1.55. The molecule has 6 heteroatoms. The maximum atomic E-state index is 13.3. The zero-order chi connectivity index (χ0) is 18.5. The van der Waals surface area contributed by atoms with E-state index in [-0.39, 0.29) is 17.7 Å². The Morgan fingerprint density at radius 2 is 1.96 bits per heavy atom. The molecule has 1 amide bonds. The number of amides is 1. The Balaban J connectivity index is 1.56. The SMILES string of the molecule is CN(C(=O)CSc1ccc(F)c(F)c1)C1CCCN(c2ccccc2)C1. The number of hydrogen-bond donors (Lipinski definition) is 0. The van der Waals surface area contributed by atoms with Gasteiger partial charge in [0.25, 0.3) is 0 Å². The third-order valence-corrected chi connectivity index (χ3v) is 5.69. The topological polar surface area (TPSA) is 23.6 Å². The number of thioether (sulfide) groups is 1. The van der Waals surface area contributed by atoms with Crippen molar-refractivity contribution < 1.29 is 13.6 Å². The summed E-state index contributed by atoms with van der Waals surface area (Å²) in [7, 11) is 1.83. The van der Waals surface area contributed by atoms with Gasteiger partial charge in [-0.15, -0.1) is 11.8 Å². The molecule has 1 saturated heterocycles. The minimum absolute atomic E-state index is 0.000329. The normalized spacial score (nSPS) is 17.2. The van der Waals surface area contributed by atoms with E-state index in [1.807, 2.05) is 25.2 Å². The Hall–Kier alpha value is -2.08. The maximum Gasteiger partial charge on any atom is 0.232 e. The van der Waals surface area contributed by atoms with Gasteiger partial charge in [-0.25, -0.2) is 8.78 Å². The van der Waals surface area contributed by atoms with Crippen molar-refractivity contribution in [2.45, 2.75) is 23.8 Å². The first-order valence-corrected chi connectivity index (χ1v) is 9.66. The van der Waals surface area contributed by atoms with Crippen LogP contribution in [0.4, 0.5) is 14.5 Å². The molecule has 26 heavy (non-hydrogen) atoms. The fraction of sp³-hybridized carbons (Fsp3) is 0.350. The molecule has 0 bridgehead atoms. The van der Waals surface area contributed by atoms with Gasteiger partial charge in [0.15, 0.2) is 11.6 Å². The minimum atomic E-state index is -0.887. The van der Waals surface area contributed by atoms with Crippen LogP contribution in [0.5, 0.6) is 0 Å². The summed E-state index contributed by atoms with van der Waals surface area (Å²) in [6.45, 7) is 1.80. The summed E-state index contributed by atoms with van der Waals surface area (Å²) >= 11 is 1.23. The van der Waals surface area contributed by atoms with Crippen LogP contribution >= 0.6 is 11.8 Å². The molecule has 0 aromatic heterocycles. The lowest BCUT2D eigenvalue weighted by molar-refractivity contribution is -0.129. The molecule has 1 aliphatic rings. The molecule has 1 heterocycles. The van der Waals surface area contributed by atoms with Gasteiger partial charge < -0.3 is 9.80 Å². The molecule has 1 atom stereocenters. The highest BCUT2D eigenvalue weighted by atomic mass is 32.2. The number of likely N-dealkylation sites (N-methyl/N-ethyl adjacent to an activating group) is 1. The first-order chi connectivity index (χ1) is 12.5. The number of para-hydroxylation sites is 1. The van der Waals surface area contributed by atoms with Crippen molar-refractivity contribution in [3.8, 4) is 0 Å². The van der Waals surface area contributed by atoms with Crippen molar-refractivity contribution in [3.05, 3.63) is 60.2 Å². The average molecular weight is 376 g/mol. The number of piperidine rings is 1. The van der Waals surface area contributed by atoms with Gasteiger partial charge in [0, 0.05) is 36.8 Å². The zero-order valence-electron chi connectivity index (χ0n) is 14.7. The number of rotatable bonds is 5. The van der Waals surface area contributed by atoms with Crippen LogP contribution in [-0.4, -0.2) is 42.7 Å². The summed E-state index contributed by atoms with van der Waals surface area (Å²) in [6, 6.07) is 14.1. The second-order valence-electron chi connectivity index (χ2n) is 6.45. The Labute approximate surface area is 157 Å². The first kappa shape index (κ1) is 18.7. The Bertz CT molecular complexity index is 757. The fourth-order valence-electron chi connectivity index (χ4n) is 3.16. The van der Waals surface area contributed by atoms with E-state index in [1.165, 1.54) is 23.5 Å². The van der Waals surface area contributed by atoms with Crippen LogP contribution in [0.1, 0.15) is 12.8 Å². The van der Waals surface area contributed by atoms with E-state index >= 15 is 0 Å². The molecule has 0 saturated carbocycles. The number of carbonyl (C=O) groups is 1. The molecule has 0 radical (unpaired) electrons. The molecule has 1 unspecified atom stereocenters. The van der Waals surface area contributed by atoms with Crippen LogP contribution in [0, 0.1) is 11.6 Å². The summed E-state index contributed by atoms with van der Waals surface area (Å²) in [6.07, 6.45) is 2.01. The van der Waals surface area contributed by atoms with Crippen LogP contribution in [0.25, 0.3) is 0 Å². The first-order valence-electron chi connectivity index (χ1n) is 8.68. The van der Waals surface area contributed by atoms with Gasteiger partial charge in [-0.2, -0.15) is 0 Å². The van der Waals surface area contributed by atoms with E-state index in [1.54, 1.807) is 4.90 Å². The Kier molecular flexibility index (Phi) is 6.14. The second-order valence-corrected chi connectivity index (χ2v) is 7.50. The number of hydrogen-bond acceptors (Lipinski definition) is 3. The van der Waals surface area contributed by atoms with Gasteiger partial charge in [-0.1, -0.05) is 18.2 Å². The van der Waals surface area contributed by atoms with E-state index in [0.717, 1.165) is 38.1 Å². The quantitative estimate of drug-likeness (QED) is 0.732.